The molecule has 0 unspecified atom stereocenters. The van der Waals surface area contributed by atoms with Gasteiger partial charge in [0.15, 0.2) is 0 Å². The van der Waals surface area contributed by atoms with Gasteiger partial charge in [0.25, 0.3) is 0 Å². The van der Waals surface area contributed by atoms with Crippen LogP contribution in [-0.4, -0.2) is 29.1 Å². The molecule has 1 aromatic carbocycles. The lowest BCUT2D eigenvalue weighted by atomic mass is 10.2. The predicted molar refractivity (Wildman–Crippen MR) is 78.4 cm³/mol. The zero-order valence-electron chi connectivity index (χ0n) is 11.5. The number of ether oxygens (including phenoxy) is 1. The molecule has 2 heterocycles. The van der Waals surface area contributed by atoms with Gasteiger partial charge in [-0.15, -0.1) is 0 Å². The maximum atomic E-state index is 11.4. The van der Waals surface area contributed by atoms with E-state index in [4.69, 9.17) is 4.74 Å². The van der Waals surface area contributed by atoms with Crippen LogP contribution in [0.1, 0.15) is 16.8 Å². The number of pyridine rings is 1. The van der Waals surface area contributed by atoms with Crippen LogP contribution >= 0.6 is 0 Å². The average Bonchev–Trinajstić information content (AvgIpc) is 2.93. The van der Waals surface area contributed by atoms with Gasteiger partial charge in [-0.2, -0.15) is 0 Å². The van der Waals surface area contributed by atoms with Gasteiger partial charge in [-0.05, 0) is 24.3 Å². The molecule has 4 nitrogen and oxygen atoms in total. The standard InChI is InChI=1S/C17H14N2O2/c20-17-19(10-11-21-17)13-16-9-8-15(12-18-16)7-6-14-4-2-1-3-5-14/h1-5,8-9,12H,10-11,13H2. The third-order valence-corrected chi connectivity index (χ3v) is 3.15. The first-order valence-corrected chi connectivity index (χ1v) is 6.75. The minimum absolute atomic E-state index is 0.273. The van der Waals surface area contributed by atoms with E-state index in [2.05, 4.69) is 16.8 Å². The Balaban J connectivity index is 1.67. The van der Waals surface area contributed by atoms with E-state index in [0.29, 0.717) is 19.7 Å². The van der Waals surface area contributed by atoms with E-state index in [1.54, 1.807) is 11.1 Å². The van der Waals surface area contributed by atoms with Gasteiger partial charge in [0.2, 0.25) is 0 Å². The van der Waals surface area contributed by atoms with Crippen LogP contribution in [0.4, 0.5) is 4.79 Å². The first kappa shape index (κ1) is 13.2. The molecule has 0 bridgehead atoms. The molecule has 4 heteroatoms. The first-order chi connectivity index (χ1) is 10.3. The second-order valence-electron chi connectivity index (χ2n) is 4.69. The maximum Gasteiger partial charge on any atom is 0.410 e. The lowest BCUT2D eigenvalue weighted by Gasteiger charge is -2.11. The van der Waals surface area contributed by atoms with Crippen LogP contribution in [0.2, 0.25) is 0 Å². The summed E-state index contributed by atoms with van der Waals surface area (Å²) in [7, 11) is 0. The molecule has 0 radical (unpaired) electrons. The number of amides is 1. The van der Waals surface area contributed by atoms with E-state index in [1.807, 2.05) is 42.5 Å². The van der Waals surface area contributed by atoms with Gasteiger partial charge in [0.05, 0.1) is 18.8 Å². The molecule has 1 aromatic heterocycles. The molecule has 1 fully saturated rings. The average molecular weight is 278 g/mol. The molecule has 1 aliphatic rings. The first-order valence-electron chi connectivity index (χ1n) is 6.75. The summed E-state index contributed by atoms with van der Waals surface area (Å²) in [5.74, 6) is 6.16. The molecule has 104 valence electrons. The number of nitrogens with zero attached hydrogens (tertiary/aromatic N) is 2. The number of carbonyl (C=O) groups excluding carboxylic acids is 1. The number of rotatable bonds is 2. The Labute approximate surface area is 123 Å². The van der Waals surface area contributed by atoms with Crippen LogP contribution in [0.15, 0.2) is 48.7 Å². The summed E-state index contributed by atoms with van der Waals surface area (Å²) in [6, 6.07) is 13.6. The maximum absolute atomic E-state index is 11.4. The van der Waals surface area contributed by atoms with E-state index in [9.17, 15) is 4.79 Å². The van der Waals surface area contributed by atoms with E-state index >= 15 is 0 Å². The number of benzene rings is 1. The lowest BCUT2D eigenvalue weighted by Crippen LogP contribution is -2.23. The topological polar surface area (TPSA) is 42.4 Å². The number of hydrogen-bond donors (Lipinski definition) is 0. The molecule has 0 spiro atoms. The fourth-order valence-corrected chi connectivity index (χ4v) is 2.02. The Hall–Kier alpha value is -2.80. The van der Waals surface area contributed by atoms with Crippen molar-refractivity contribution in [2.24, 2.45) is 0 Å². The summed E-state index contributed by atoms with van der Waals surface area (Å²) in [5, 5.41) is 0. The Morgan fingerprint density at radius 1 is 1.10 bits per heavy atom. The van der Waals surface area contributed by atoms with Crippen molar-refractivity contribution in [3.05, 3.63) is 65.5 Å². The summed E-state index contributed by atoms with van der Waals surface area (Å²) in [5.41, 5.74) is 2.66. The predicted octanol–water partition coefficient (Wildman–Crippen LogP) is 2.43. The van der Waals surface area contributed by atoms with E-state index in [-0.39, 0.29) is 6.09 Å². The molecule has 3 rings (SSSR count). The van der Waals surface area contributed by atoms with E-state index in [0.717, 1.165) is 16.8 Å². The Morgan fingerprint density at radius 3 is 2.57 bits per heavy atom. The fourth-order valence-electron chi connectivity index (χ4n) is 2.02. The molecule has 1 aliphatic heterocycles. The second-order valence-corrected chi connectivity index (χ2v) is 4.69. The van der Waals surface area contributed by atoms with Crippen molar-refractivity contribution < 1.29 is 9.53 Å². The van der Waals surface area contributed by atoms with Gasteiger partial charge in [0.1, 0.15) is 6.61 Å². The van der Waals surface area contributed by atoms with Crippen LogP contribution in [0.25, 0.3) is 0 Å². The van der Waals surface area contributed by atoms with Gasteiger partial charge < -0.3 is 4.74 Å². The normalized spacial score (nSPS) is 13.5. The fraction of sp³-hybridized carbons (Fsp3) is 0.176. The highest BCUT2D eigenvalue weighted by atomic mass is 16.6. The molecule has 0 N–H and O–H groups in total. The molecular weight excluding hydrogens is 264 g/mol. The second kappa shape index (κ2) is 6.10. The van der Waals surface area contributed by atoms with Crippen LogP contribution in [0, 0.1) is 11.8 Å². The van der Waals surface area contributed by atoms with Crippen molar-refractivity contribution >= 4 is 6.09 Å². The third kappa shape index (κ3) is 3.40. The SMILES string of the molecule is O=C1OCCN1Cc1ccc(C#Cc2ccccc2)cn1. The highest BCUT2D eigenvalue weighted by molar-refractivity contribution is 5.69. The minimum atomic E-state index is -0.273. The summed E-state index contributed by atoms with van der Waals surface area (Å²) < 4.78 is 4.89. The highest BCUT2D eigenvalue weighted by Crippen LogP contribution is 2.09. The smallest absolute Gasteiger partial charge is 0.410 e. The Morgan fingerprint density at radius 2 is 1.90 bits per heavy atom. The summed E-state index contributed by atoms with van der Waals surface area (Å²) in [6.07, 6.45) is 1.46. The lowest BCUT2D eigenvalue weighted by molar-refractivity contribution is 0.157. The summed E-state index contributed by atoms with van der Waals surface area (Å²) in [6.45, 7) is 1.56. The number of cyclic esters (lactones) is 1. The number of aromatic nitrogens is 1. The van der Waals surface area contributed by atoms with Gasteiger partial charge in [-0.1, -0.05) is 30.0 Å². The molecule has 0 saturated carbocycles. The van der Waals surface area contributed by atoms with E-state index in [1.165, 1.54) is 0 Å². The molecule has 2 aromatic rings. The van der Waals surface area contributed by atoms with Crippen molar-refractivity contribution in [1.82, 2.24) is 9.88 Å². The monoisotopic (exact) mass is 278 g/mol. The highest BCUT2D eigenvalue weighted by Gasteiger charge is 2.21. The molecule has 1 amide bonds. The number of carbonyl (C=O) groups is 1. The van der Waals surface area contributed by atoms with Gasteiger partial charge >= 0.3 is 6.09 Å². The molecule has 0 aliphatic carbocycles. The summed E-state index contributed by atoms with van der Waals surface area (Å²) >= 11 is 0. The van der Waals surface area contributed by atoms with Crippen LogP contribution < -0.4 is 0 Å². The number of hydrogen-bond acceptors (Lipinski definition) is 3. The zero-order chi connectivity index (χ0) is 14.5. The van der Waals surface area contributed by atoms with Gasteiger partial charge in [-0.3, -0.25) is 9.88 Å². The van der Waals surface area contributed by atoms with Crippen molar-refractivity contribution in [2.75, 3.05) is 13.2 Å². The van der Waals surface area contributed by atoms with Crippen molar-refractivity contribution in [1.29, 1.82) is 0 Å². The molecule has 21 heavy (non-hydrogen) atoms. The Kier molecular flexibility index (Phi) is 3.83. The minimum Gasteiger partial charge on any atom is -0.448 e. The van der Waals surface area contributed by atoms with Crippen LogP contribution in [0.3, 0.4) is 0 Å². The molecular formula is C17H14N2O2. The van der Waals surface area contributed by atoms with Gasteiger partial charge in [-0.25, -0.2) is 4.79 Å². The van der Waals surface area contributed by atoms with Crippen LogP contribution in [0.5, 0.6) is 0 Å². The quantitative estimate of drug-likeness (QED) is 0.792. The Bertz CT molecular complexity index is 684. The van der Waals surface area contributed by atoms with Crippen molar-refractivity contribution in [3.63, 3.8) is 0 Å². The molecule has 1 saturated heterocycles. The zero-order valence-corrected chi connectivity index (χ0v) is 11.5. The van der Waals surface area contributed by atoms with Gasteiger partial charge in [0, 0.05) is 17.3 Å². The van der Waals surface area contributed by atoms with E-state index < -0.39 is 0 Å². The van der Waals surface area contributed by atoms with Crippen molar-refractivity contribution in [3.8, 4) is 11.8 Å². The molecule has 0 atom stereocenters. The summed E-state index contributed by atoms with van der Waals surface area (Å²) in [4.78, 5) is 17.3. The largest absolute Gasteiger partial charge is 0.448 e. The van der Waals surface area contributed by atoms with Crippen LogP contribution in [-0.2, 0) is 11.3 Å². The third-order valence-electron chi connectivity index (χ3n) is 3.15. The van der Waals surface area contributed by atoms with Crippen molar-refractivity contribution in [2.45, 2.75) is 6.54 Å².